The molecule has 6 aromatic rings. The highest BCUT2D eigenvalue weighted by Crippen LogP contribution is 2.37. The number of amides is 4. The summed E-state index contributed by atoms with van der Waals surface area (Å²) < 4.78 is 12.2. The molecule has 2 aliphatic rings. The summed E-state index contributed by atoms with van der Waals surface area (Å²) in [5, 5.41) is 18.0. The van der Waals surface area contributed by atoms with Crippen LogP contribution in [0.4, 0.5) is 5.69 Å². The first-order valence-electron chi connectivity index (χ1n) is 25.9. The van der Waals surface area contributed by atoms with E-state index in [9.17, 15) is 29.0 Å². The molecule has 78 heavy (non-hydrogen) atoms. The molecular formula is C61H73B2N7O8. The number of aldehydes is 1. The number of nitrogens with one attached hydrogen (secondary N) is 2. The molecule has 0 spiro atoms. The standard InChI is InChI=1S/C27H29BN4O3.C27H35BN2O5.C7H9N/c1-18-13-19(2)15-22(14-18)26(34)31(27(3,4)5)30-25(33)20-11-12-21-17-29-32(28(35)24(21)16-20)23-9-7-6-8-10-23;1-17-12-18(2)14-21(13-17)24(33)30(25(3,4)5)29-23(32)19-10-11-20(16-31)22(15-19)28-34-26(6,7)27(8,9)35-28;8-6-7-4-2-1-3-5-7/h6-17,35H,1-5H3,(H,30,33);10-16H,1-9H3,(H,29,32);1-5H,6,8H2. The highest BCUT2D eigenvalue weighted by molar-refractivity contribution is 6.71. The van der Waals surface area contributed by atoms with Crippen LogP contribution in [0.3, 0.4) is 0 Å². The summed E-state index contributed by atoms with van der Waals surface area (Å²) >= 11 is 0. The molecule has 4 amide bonds. The molecule has 406 valence electrons. The van der Waals surface area contributed by atoms with Gasteiger partial charge in [-0.15, -0.1) is 0 Å². The molecule has 5 N–H and O–H groups in total. The molecule has 0 unspecified atom stereocenters. The van der Waals surface area contributed by atoms with E-state index < -0.39 is 48.3 Å². The van der Waals surface area contributed by atoms with Crippen molar-refractivity contribution in [3.05, 3.63) is 195 Å². The normalized spacial score (nSPS) is 14.2. The molecule has 0 radical (unpaired) electrons. The second kappa shape index (κ2) is 24.3. The molecule has 8 rings (SSSR count). The lowest BCUT2D eigenvalue weighted by Gasteiger charge is -2.35. The van der Waals surface area contributed by atoms with Gasteiger partial charge in [0.05, 0.1) is 28.5 Å². The number of hydrazone groups is 1. The Morgan fingerprint density at radius 1 is 0.615 bits per heavy atom. The minimum absolute atomic E-state index is 0.280. The Balaban J connectivity index is 0.000000220. The van der Waals surface area contributed by atoms with Crippen LogP contribution in [-0.4, -0.2) is 87.6 Å². The lowest BCUT2D eigenvalue weighted by Crippen LogP contribution is -2.56. The van der Waals surface area contributed by atoms with Crippen LogP contribution in [0.5, 0.6) is 0 Å². The molecule has 15 nitrogen and oxygen atoms in total. The third-order valence-corrected chi connectivity index (χ3v) is 13.4. The van der Waals surface area contributed by atoms with Crippen molar-refractivity contribution in [1.29, 1.82) is 0 Å². The number of nitrogens with zero attached hydrogens (tertiary/aromatic N) is 4. The molecule has 0 atom stereocenters. The van der Waals surface area contributed by atoms with Crippen molar-refractivity contribution in [3.63, 3.8) is 0 Å². The summed E-state index contributed by atoms with van der Waals surface area (Å²) in [6, 6.07) is 40.3. The van der Waals surface area contributed by atoms with E-state index >= 15 is 0 Å². The number of carbonyl (C=O) groups is 5. The third kappa shape index (κ3) is 14.5. The van der Waals surface area contributed by atoms with Gasteiger partial charge in [0.15, 0.2) is 0 Å². The Morgan fingerprint density at radius 2 is 1.04 bits per heavy atom. The van der Waals surface area contributed by atoms with Gasteiger partial charge in [-0.25, -0.2) is 10.0 Å². The quantitative estimate of drug-likeness (QED) is 0.0651. The van der Waals surface area contributed by atoms with Crippen LogP contribution in [0.15, 0.2) is 139 Å². The van der Waals surface area contributed by atoms with Crippen LogP contribution in [0.25, 0.3) is 0 Å². The molecule has 0 aliphatic carbocycles. The van der Waals surface area contributed by atoms with Gasteiger partial charge in [-0.3, -0.25) is 39.7 Å². The summed E-state index contributed by atoms with van der Waals surface area (Å²) in [4.78, 5) is 66.6. The second-order valence-corrected chi connectivity index (χ2v) is 22.6. The SMILES string of the molecule is Cc1cc(C)cc(C(=O)N(NC(=O)c2ccc(C=O)c(B3OC(C)(C)C(C)(C)O3)c2)C(C)(C)C)c1.Cc1cc(C)cc(C(=O)N(NC(=O)c2ccc3c(c2)B(O)N(c2ccccc2)N=C3)C(C)(C)C)c1.NCc1ccccc1. The number of aryl methyl sites for hydroxylation is 4. The van der Waals surface area contributed by atoms with E-state index in [-0.39, 0.29) is 17.4 Å². The van der Waals surface area contributed by atoms with Gasteiger partial charge >= 0.3 is 14.2 Å². The van der Waals surface area contributed by atoms with Crippen molar-refractivity contribution in [2.45, 2.75) is 126 Å². The van der Waals surface area contributed by atoms with E-state index in [1.807, 2.05) is 182 Å². The summed E-state index contributed by atoms with van der Waals surface area (Å²) in [5.74, 6) is -1.53. The van der Waals surface area contributed by atoms with Crippen molar-refractivity contribution >= 4 is 66.9 Å². The van der Waals surface area contributed by atoms with Gasteiger partial charge in [0.2, 0.25) is 0 Å². The van der Waals surface area contributed by atoms with E-state index in [2.05, 4.69) is 16.0 Å². The number of carbonyl (C=O) groups excluding carboxylic acids is 5. The molecule has 2 aliphatic heterocycles. The number of hydrazine groups is 2. The zero-order valence-corrected chi connectivity index (χ0v) is 47.4. The van der Waals surface area contributed by atoms with E-state index in [0.717, 1.165) is 33.5 Å². The average Bonchev–Trinajstić information content (AvgIpc) is 3.61. The Kier molecular flexibility index (Phi) is 18.6. The van der Waals surface area contributed by atoms with E-state index in [4.69, 9.17) is 15.0 Å². The van der Waals surface area contributed by atoms with E-state index in [0.29, 0.717) is 46.0 Å². The molecule has 0 saturated carbocycles. The number of fused-ring (bicyclic) bond motifs is 1. The topological polar surface area (TPSA) is 196 Å². The van der Waals surface area contributed by atoms with Crippen LogP contribution in [-0.2, 0) is 15.9 Å². The Bertz CT molecular complexity index is 3130. The van der Waals surface area contributed by atoms with Crippen LogP contribution in [0.2, 0.25) is 0 Å². The number of hydrogen-bond acceptors (Lipinski definition) is 11. The maximum Gasteiger partial charge on any atom is 0.495 e. The van der Waals surface area contributed by atoms with Crippen LogP contribution in [0.1, 0.15) is 154 Å². The first-order valence-corrected chi connectivity index (χ1v) is 25.9. The molecule has 2 heterocycles. The van der Waals surface area contributed by atoms with Gasteiger partial charge in [-0.1, -0.05) is 95.1 Å². The number of benzene rings is 6. The molecule has 1 saturated heterocycles. The zero-order chi connectivity index (χ0) is 57.5. The number of rotatable bonds is 8. The predicted molar refractivity (Wildman–Crippen MR) is 311 cm³/mol. The molecule has 1 fully saturated rings. The average molecular weight is 1050 g/mol. The van der Waals surface area contributed by atoms with Gasteiger partial charge in [-0.05, 0) is 180 Å². The fourth-order valence-electron chi connectivity index (χ4n) is 8.61. The first kappa shape index (κ1) is 59.6. The van der Waals surface area contributed by atoms with E-state index in [1.54, 1.807) is 54.7 Å². The molecule has 17 heteroatoms. The van der Waals surface area contributed by atoms with Crippen molar-refractivity contribution in [2.75, 3.05) is 4.92 Å². The number of anilines is 1. The fraction of sp³-hybridized carbons (Fsp3) is 0.311. The maximum atomic E-state index is 13.4. The minimum Gasteiger partial charge on any atom is -0.427 e. The number of hydrogen-bond donors (Lipinski definition) is 4. The third-order valence-electron chi connectivity index (χ3n) is 13.4. The Labute approximate surface area is 460 Å². The summed E-state index contributed by atoms with van der Waals surface area (Å²) in [5.41, 5.74) is 17.9. The van der Waals surface area contributed by atoms with Crippen molar-refractivity contribution in [2.24, 2.45) is 10.8 Å². The van der Waals surface area contributed by atoms with Gasteiger partial charge < -0.3 is 20.1 Å². The van der Waals surface area contributed by atoms with Gasteiger partial charge in [0, 0.05) is 40.0 Å². The van der Waals surface area contributed by atoms with E-state index in [1.165, 1.54) is 20.5 Å². The van der Waals surface area contributed by atoms with Crippen LogP contribution >= 0.6 is 0 Å². The lowest BCUT2D eigenvalue weighted by molar-refractivity contribution is 0.00578. The molecular weight excluding hydrogens is 980 g/mol. The smallest absolute Gasteiger partial charge is 0.427 e. The second-order valence-electron chi connectivity index (χ2n) is 22.6. The van der Waals surface area contributed by atoms with Gasteiger partial charge in [0.1, 0.15) is 6.29 Å². The van der Waals surface area contributed by atoms with Crippen molar-refractivity contribution < 1.29 is 38.3 Å². The van der Waals surface area contributed by atoms with Crippen LogP contribution < -0.4 is 32.4 Å². The molecule has 0 aromatic heterocycles. The van der Waals surface area contributed by atoms with Gasteiger partial charge in [0.25, 0.3) is 23.6 Å². The first-order chi connectivity index (χ1) is 36.5. The zero-order valence-electron chi connectivity index (χ0n) is 47.4. The predicted octanol–water partition coefficient (Wildman–Crippen LogP) is 8.58. The largest absolute Gasteiger partial charge is 0.495 e. The van der Waals surface area contributed by atoms with Crippen molar-refractivity contribution in [1.82, 2.24) is 20.9 Å². The monoisotopic (exact) mass is 1050 g/mol. The number of nitrogens with two attached hydrogens (primary N) is 1. The summed E-state index contributed by atoms with van der Waals surface area (Å²) in [6.07, 6.45) is 2.37. The Morgan fingerprint density at radius 3 is 1.45 bits per heavy atom. The fourth-order valence-corrected chi connectivity index (χ4v) is 8.61. The minimum atomic E-state index is -1.05. The lowest BCUT2D eigenvalue weighted by atomic mass is 9.69. The van der Waals surface area contributed by atoms with Crippen molar-refractivity contribution in [3.8, 4) is 0 Å². The van der Waals surface area contributed by atoms with Crippen LogP contribution in [0, 0.1) is 27.7 Å². The summed E-state index contributed by atoms with van der Waals surface area (Å²) in [6.45, 7) is 27.2. The molecule has 6 aromatic carbocycles. The highest BCUT2D eigenvalue weighted by Gasteiger charge is 2.52. The summed E-state index contributed by atoms with van der Waals surface area (Å²) in [7, 11) is -1.86. The number of para-hydroxylation sites is 1. The van der Waals surface area contributed by atoms with Gasteiger partial charge in [-0.2, -0.15) is 5.10 Å². The maximum absolute atomic E-state index is 13.4. The molecule has 0 bridgehead atoms. The highest BCUT2D eigenvalue weighted by atomic mass is 16.7. The Hall–Kier alpha value is -7.69.